The zero-order valence-electron chi connectivity index (χ0n) is 14.2. The van der Waals surface area contributed by atoms with Gasteiger partial charge in [-0.1, -0.05) is 48.3 Å². The summed E-state index contributed by atoms with van der Waals surface area (Å²) in [5.41, 5.74) is 1.51. The van der Waals surface area contributed by atoms with Crippen LogP contribution in [0.5, 0.6) is 0 Å². The summed E-state index contributed by atoms with van der Waals surface area (Å²) in [6, 6.07) is 11.1. The molecule has 0 bridgehead atoms. The van der Waals surface area contributed by atoms with Crippen molar-refractivity contribution < 1.29 is 14.1 Å². The number of nitrogens with zero attached hydrogens (tertiary/aromatic N) is 2. The fraction of sp³-hybridized carbons (Fsp3) is 0.421. The van der Waals surface area contributed by atoms with E-state index in [0.717, 1.165) is 31.5 Å². The lowest BCUT2D eigenvalue weighted by molar-refractivity contribution is -0.131. The van der Waals surface area contributed by atoms with E-state index in [2.05, 4.69) is 10.5 Å². The Morgan fingerprint density at radius 2 is 1.80 bits per heavy atom. The van der Waals surface area contributed by atoms with Gasteiger partial charge in [-0.3, -0.25) is 9.59 Å². The molecule has 0 spiro atoms. The fourth-order valence-corrected chi connectivity index (χ4v) is 2.98. The van der Waals surface area contributed by atoms with Gasteiger partial charge >= 0.3 is 0 Å². The van der Waals surface area contributed by atoms with Crippen molar-refractivity contribution in [1.82, 2.24) is 15.4 Å². The molecule has 1 aromatic carbocycles. The number of hydrogen-bond acceptors (Lipinski definition) is 4. The van der Waals surface area contributed by atoms with Crippen LogP contribution in [0.4, 0.5) is 0 Å². The SMILES string of the molecule is O=C(NCCC(=O)N1CCCCCC1)c1cc(-c2ccccc2)no1. The predicted octanol–water partition coefficient (Wildman–Crippen LogP) is 2.86. The second-order valence-corrected chi connectivity index (χ2v) is 6.24. The lowest BCUT2D eigenvalue weighted by Gasteiger charge is -2.20. The quantitative estimate of drug-likeness (QED) is 0.907. The first-order valence-electron chi connectivity index (χ1n) is 8.82. The molecule has 0 radical (unpaired) electrons. The highest BCUT2D eigenvalue weighted by molar-refractivity contribution is 5.92. The van der Waals surface area contributed by atoms with Gasteiger partial charge in [-0.15, -0.1) is 0 Å². The molecule has 0 saturated carbocycles. The van der Waals surface area contributed by atoms with Gasteiger partial charge in [0.05, 0.1) is 0 Å². The van der Waals surface area contributed by atoms with E-state index in [9.17, 15) is 9.59 Å². The van der Waals surface area contributed by atoms with Crippen molar-refractivity contribution in [3.8, 4) is 11.3 Å². The minimum atomic E-state index is -0.349. The Morgan fingerprint density at radius 1 is 1.08 bits per heavy atom. The van der Waals surface area contributed by atoms with Gasteiger partial charge in [0.25, 0.3) is 5.91 Å². The van der Waals surface area contributed by atoms with Crippen LogP contribution in [0.2, 0.25) is 0 Å². The van der Waals surface area contributed by atoms with Crippen LogP contribution in [0.3, 0.4) is 0 Å². The Morgan fingerprint density at radius 3 is 2.52 bits per heavy atom. The van der Waals surface area contributed by atoms with Crippen molar-refractivity contribution in [1.29, 1.82) is 0 Å². The standard InChI is InChI=1S/C19H23N3O3/c23-18(22-12-6-1-2-7-13-22)10-11-20-19(24)17-14-16(21-25-17)15-8-4-3-5-9-15/h3-5,8-9,14H,1-2,6-7,10-13H2,(H,20,24). The van der Waals surface area contributed by atoms with Crippen LogP contribution in [-0.4, -0.2) is 41.5 Å². The average Bonchev–Trinajstić information content (AvgIpc) is 2.98. The van der Waals surface area contributed by atoms with Gasteiger partial charge < -0.3 is 14.7 Å². The van der Waals surface area contributed by atoms with Crippen LogP contribution in [0.25, 0.3) is 11.3 Å². The molecule has 0 atom stereocenters. The first kappa shape index (κ1) is 17.2. The second-order valence-electron chi connectivity index (χ2n) is 6.24. The van der Waals surface area contributed by atoms with Gasteiger partial charge in [0.1, 0.15) is 5.69 Å². The van der Waals surface area contributed by atoms with E-state index in [1.807, 2.05) is 35.2 Å². The van der Waals surface area contributed by atoms with Crippen molar-refractivity contribution in [3.63, 3.8) is 0 Å². The smallest absolute Gasteiger partial charge is 0.289 e. The summed E-state index contributed by atoms with van der Waals surface area (Å²) >= 11 is 0. The van der Waals surface area contributed by atoms with Crippen molar-refractivity contribution in [2.75, 3.05) is 19.6 Å². The van der Waals surface area contributed by atoms with Crippen LogP contribution in [0.15, 0.2) is 40.9 Å². The highest BCUT2D eigenvalue weighted by Gasteiger charge is 2.17. The van der Waals surface area contributed by atoms with Crippen LogP contribution in [-0.2, 0) is 4.79 Å². The monoisotopic (exact) mass is 341 g/mol. The molecular formula is C19H23N3O3. The van der Waals surface area contributed by atoms with Crippen LogP contribution >= 0.6 is 0 Å². The summed E-state index contributed by atoms with van der Waals surface area (Å²) in [6.07, 6.45) is 4.83. The summed E-state index contributed by atoms with van der Waals surface area (Å²) in [4.78, 5) is 26.2. The maximum atomic E-state index is 12.2. The molecule has 6 nitrogen and oxygen atoms in total. The number of rotatable bonds is 5. The van der Waals surface area contributed by atoms with Crippen LogP contribution in [0, 0.1) is 0 Å². The Hall–Kier alpha value is -2.63. The van der Waals surface area contributed by atoms with E-state index in [1.165, 1.54) is 12.8 Å². The molecule has 1 aromatic heterocycles. The summed E-state index contributed by atoms with van der Waals surface area (Å²) in [7, 11) is 0. The summed E-state index contributed by atoms with van der Waals surface area (Å²) in [5, 5.41) is 6.65. The highest BCUT2D eigenvalue weighted by atomic mass is 16.5. The maximum absolute atomic E-state index is 12.2. The molecule has 2 aromatic rings. The lowest BCUT2D eigenvalue weighted by atomic mass is 10.1. The number of benzene rings is 1. The van der Waals surface area contributed by atoms with Crippen LogP contribution in [0.1, 0.15) is 42.7 Å². The molecule has 6 heteroatoms. The molecule has 1 saturated heterocycles. The van der Waals surface area contributed by atoms with Crippen molar-refractivity contribution in [2.45, 2.75) is 32.1 Å². The van der Waals surface area contributed by atoms with E-state index >= 15 is 0 Å². The minimum Gasteiger partial charge on any atom is -0.350 e. The molecule has 1 fully saturated rings. The van der Waals surface area contributed by atoms with Gasteiger partial charge in [0.2, 0.25) is 11.7 Å². The number of aromatic nitrogens is 1. The van der Waals surface area contributed by atoms with E-state index in [1.54, 1.807) is 6.07 Å². The molecule has 132 valence electrons. The molecule has 1 aliphatic rings. The van der Waals surface area contributed by atoms with Gasteiger partial charge in [-0.05, 0) is 12.8 Å². The summed E-state index contributed by atoms with van der Waals surface area (Å²) in [5.74, 6) is -0.0934. The van der Waals surface area contributed by atoms with Crippen molar-refractivity contribution >= 4 is 11.8 Å². The van der Waals surface area contributed by atoms with E-state index < -0.39 is 0 Å². The van der Waals surface area contributed by atoms with Gasteiger partial charge in [-0.2, -0.15) is 0 Å². The topological polar surface area (TPSA) is 75.4 Å². The maximum Gasteiger partial charge on any atom is 0.289 e. The van der Waals surface area contributed by atoms with Crippen molar-refractivity contribution in [2.24, 2.45) is 0 Å². The third kappa shape index (κ3) is 4.68. The number of nitrogens with one attached hydrogen (secondary N) is 1. The number of likely N-dealkylation sites (tertiary alicyclic amines) is 1. The molecule has 3 rings (SSSR count). The first-order chi connectivity index (χ1) is 12.2. The number of carbonyl (C=O) groups is 2. The highest BCUT2D eigenvalue weighted by Crippen LogP contribution is 2.18. The number of carbonyl (C=O) groups excluding carboxylic acids is 2. The Bertz CT molecular complexity index is 704. The Labute approximate surface area is 147 Å². The second kappa shape index (κ2) is 8.46. The molecule has 0 aliphatic carbocycles. The predicted molar refractivity (Wildman–Crippen MR) is 93.9 cm³/mol. The van der Waals surface area contributed by atoms with E-state index in [4.69, 9.17) is 4.52 Å². The molecule has 2 heterocycles. The third-order valence-electron chi connectivity index (χ3n) is 4.39. The van der Waals surface area contributed by atoms with Crippen LogP contribution < -0.4 is 5.32 Å². The van der Waals surface area contributed by atoms with E-state index in [-0.39, 0.29) is 17.6 Å². The zero-order valence-corrected chi connectivity index (χ0v) is 14.2. The van der Waals surface area contributed by atoms with Gasteiger partial charge in [-0.25, -0.2) is 0 Å². The van der Waals surface area contributed by atoms with Crippen molar-refractivity contribution in [3.05, 3.63) is 42.2 Å². The molecular weight excluding hydrogens is 318 g/mol. The summed E-state index contributed by atoms with van der Waals surface area (Å²) in [6.45, 7) is 1.96. The van der Waals surface area contributed by atoms with Gasteiger partial charge in [0, 0.05) is 37.7 Å². The minimum absolute atomic E-state index is 0.102. The Kier molecular flexibility index (Phi) is 5.82. The summed E-state index contributed by atoms with van der Waals surface area (Å²) < 4.78 is 5.11. The Balaban J connectivity index is 1.48. The molecule has 0 unspecified atom stereocenters. The lowest BCUT2D eigenvalue weighted by Crippen LogP contribution is -2.35. The third-order valence-corrected chi connectivity index (χ3v) is 4.39. The molecule has 2 amide bonds. The average molecular weight is 341 g/mol. The normalized spacial score (nSPS) is 14.8. The molecule has 1 N–H and O–H groups in total. The number of amides is 2. The fourth-order valence-electron chi connectivity index (χ4n) is 2.98. The molecule has 25 heavy (non-hydrogen) atoms. The molecule has 1 aliphatic heterocycles. The van der Waals surface area contributed by atoms with Gasteiger partial charge in [0.15, 0.2) is 0 Å². The number of hydrogen-bond donors (Lipinski definition) is 1. The first-order valence-corrected chi connectivity index (χ1v) is 8.82. The largest absolute Gasteiger partial charge is 0.350 e. The van der Waals surface area contributed by atoms with E-state index in [0.29, 0.717) is 18.7 Å². The zero-order chi connectivity index (χ0) is 17.5.